The number of hydrogen-bond acceptors (Lipinski definition) is 2. The first-order chi connectivity index (χ1) is 7.29. The van der Waals surface area contributed by atoms with Crippen LogP contribution in [0.25, 0.3) is 0 Å². The van der Waals surface area contributed by atoms with Gasteiger partial charge in [-0.15, -0.1) is 0 Å². The fourth-order valence-corrected chi connectivity index (χ4v) is 1.13. The highest BCUT2D eigenvalue weighted by Gasteiger charge is 2.39. The molecule has 0 saturated heterocycles. The van der Waals surface area contributed by atoms with Crippen molar-refractivity contribution in [1.82, 2.24) is 0 Å². The Labute approximate surface area is 87.5 Å². The number of hydrogen-bond donors (Lipinski definition) is 2. The molecule has 0 aliphatic heterocycles. The highest BCUT2D eigenvalue weighted by Crippen LogP contribution is 2.31. The Balaban J connectivity index is 3.23. The van der Waals surface area contributed by atoms with Gasteiger partial charge < -0.3 is 10.8 Å². The van der Waals surface area contributed by atoms with Gasteiger partial charge in [0, 0.05) is 11.6 Å². The lowest BCUT2D eigenvalue weighted by molar-refractivity contribution is -0.0720. The number of rotatable bonds is 3. The van der Waals surface area contributed by atoms with Crippen molar-refractivity contribution in [3.8, 4) is 0 Å². The second-order valence-corrected chi connectivity index (χ2v) is 3.19. The molecule has 0 fully saturated rings. The zero-order chi connectivity index (χ0) is 12.5. The third-order valence-electron chi connectivity index (χ3n) is 2.02. The minimum absolute atomic E-state index is 0.211. The van der Waals surface area contributed by atoms with Gasteiger partial charge in [0.05, 0.1) is 6.04 Å². The van der Waals surface area contributed by atoms with Crippen molar-refractivity contribution in [3.05, 3.63) is 35.1 Å². The first-order valence-electron chi connectivity index (χ1n) is 4.18. The third kappa shape index (κ3) is 2.30. The van der Waals surface area contributed by atoms with Gasteiger partial charge in [0.2, 0.25) is 0 Å². The molecule has 16 heavy (non-hydrogen) atoms. The average Bonchev–Trinajstić information content (AvgIpc) is 2.22. The Morgan fingerprint density at radius 1 is 1.25 bits per heavy atom. The third-order valence-corrected chi connectivity index (χ3v) is 2.02. The van der Waals surface area contributed by atoms with Crippen molar-refractivity contribution in [2.45, 2.75) is 12.0 Å². The lowest BCUT2D eigenvalue weighted by Crippen LogP contribution is -2.37. The Hall–Kier alpha value is -1.21. The molecule has 0 radical (unpaired) electrons. The molecule has 0 amide bonds. The summed E-state index contributed by atoms with van der Waals surface area (Å²) in [5.74, 6) is -8.35. The summed E-state index contributed by atoms with van der Waals surface area (Å²) in [7, 11) is 0. The van der Waals surface area contributed by atoms with Gasteiger partial charge in [0.15, 0.2) is 11.6 Å². The van der Waals surface area contributed by atoms with E-state index < -0.39 is 41.6 Å². The summed E-state index contributed by atoms with van der Waals surface area (Å²) in [5, 5.41) is 8.32. The Bertz CT molecular complexity index is 396. The van der Waals surface area contributed by atoms with E-state index in [1.54, 1.807) is 0 Å². The number of halogens is 5. The van der Waals surface area contributed by atoms with E-state index in [4.69, 9.17) is 10.8 Å². The fourth-order valence-electron chi connectivity index (χ4n) is 1.13. The molecule has 0 saturated carbocycles. The molecule has 1 aromatic rings. The van der Waals surface area contributed by atoms with Crippen LogP contribution in [-0.4, -0.2) is 17.6 Å². The summed E-state index contributed by atoms with van der Waals surface area (Å²) in [6.45, 7) is -1.65. The molecule has 1 aromatic carbocycles. The van der Waals surface area contributed by atoms with E-state index in [2.05, 4.69) is 0 Å². The molecule has 0 spiro atoms. The normalized spacial score (nSPS) is 13.9. The van der Waals surface area contributed by atoms with E-state index in [0.717, 1.165) is 0 Å². The molecular weight excluding hydrogens is 233 g/mol. The van der Waals surface area contributed by atoms with Gasteiger partial charge >= 0.3 is 0 Å². The maximum Gasteiger partial charge on any atom is 0.289 e. The first kappa shape index (κ1) is 12.9. The lowest BCUT2D eigenvalue weighted by Gasteiger charge is -2.22. The molecule has 0 aliphatic rings. The predicted octanol–water partition coefficient (Wildman–Crippen LogP) is 1.73. The van der Waals surface area contributed by atoms with Gasteiger partial charge in [-0.3, -0.25) is 0 Å². The van der Waals surface area contributed by atoms with Crippen LogP contribution in [0.1, 0.15) is 11.6 Å². The van der Waals surface area contributed by atoms with E-state index in [1.807, 2.05) is 0 Å². The lowest BCUT2D eigenvalue weighted by atomic mass is 10.0. The molecule has 1 rings (SSSR count). The Morgan fingerprint density at radius 2 is 1.81 bits per heavy atom. The summed E-state index contributed by atoms with van der Waals surface area (Å²) >= 11 is 0. The summed E-state index contributed by atoms with van der Waals surface area (Å²) in [6, 6.07) is -1.74. The van der Waals surface area contributed by atoms with Crippen LogP contribution in [0.4, 0.5) is 22.0 Å². The van der Waals surface area contributed by atoms with Gasteiger partial charge in [-0.05, 0) is 6.07 Å². The summed E-state index contributed by atoms with van der Waals surface area (Å²) < 4.78 is 64.2. The highest BCUT2D eigenvalue weighted by atomic mass is 19.3. The predicted molar refractivity (Wildman–Crippen MR) is 45.3 cm³/mol. The van der Waals surface area contributed by atoms with Gasteiger partial charge in [0.25, 0.3) is 5.92 Å². The minimum atomic E-state index is -3.86. The zero-order valence-electron chi connectivity index (χ0n) is 7.85. The van der Waals surface area contributed by atoms with Crippen LogP contribution in [0.2, 0.25) is 0 Å². The molecule has 0 bridgehead atoms. The molecule has 0 aliphatic carbocycles. The highest BCUT2D eigenvalue weighted by molar-refractivity contribution is 5.25. The van der Waals surface area contributed by atoms with Gasteiger partial charge in [0.1, 0.15) is 12.4 Å². The summed E-state index contributed by atoms with van der Waals surface area (Å²) in [4.78, 5) is 0. The zero-order valence-corrected chi connectivity index (χ0v) is 7.85. The van der Waals surface area contributed by atoms with Crippen molar-refractivity contribution < 1.29 is 27.1 Å². The molecule has 0 heterocycles. The largest absolute Gasteiger partial charge is 0.390 e. The van der Waals surface area contributed by atoms with Gasteiger partial charge in [-0.25, -0.2) is 22.0 Å². The number of alkyl halides is 2. The molecule has 0 aromatic heterocycles. The maximum absolute atomic E-state index is 13.1. The molecule has 1 atom stereocenters. The average molecular weight is 241 g/mol. The number of benzene rings is 1. The van der Waals surface area contributed by atoms with Crippen LogP contribution in [0.3, 0.4) is 0 Å². The maximum atomic E-state index is 13.1. The smallest absolute Gasteiger partial charge is 0.289 e. The Kier molecular flexibility index (Phi) is 3.49. The molecule has 3 N–H and O–H groups in total. The van der Waals surface area contributed by atoms with Crippen molar-refractivity contribution in [2.24, 2.45) is 5.73 Å². The molecule has 90 valence electrons. The van der Waals surface area contributed by atoms with Crippen LogP contribution in [0.5, 0.6) is 0 Å². The number of aliphatic hydroxyl groups excluding tert-OH is 1. The van der Waals surface area contributed by atoms with Crippen LogP contribution in [0, 0.1) is 17.5 Å². The van der Waals surface area contributed by atoms with Crippen molar-refractivity contribution in [2.75, 3.05) is 6.61 Å². The van der Waals surface area contributed by atoms with E-state index in [1.165, 1.54) is 0 Å². The summed E-state index contributed by atoms with van der Waals surface area (Å²) in [5.41, 5.74) is 3.92. The Morgan fingerprint density at radius 3 is 2.31 bits per heavy atom. The molecule has 2 nitrogen and oxygen atoms in total. The van der Waals surface area contributed by atoms with Crippen LogP contribution < -0.4 is 5.73 Å². The van der Waals surface area contributed by atoms with Crippen LogP contribution >= 0.6 is 0 Å². The quantitative estimate of drug-likeness (QED) is 0.625. The SMILES string of the molecule is N[C@@H](c1cc(F)cc(F)c1F)C(F)(F)CO. The molecule has 7 heteroatoms. The number of aliphatic hydroxyl groups is 1. The fraction of sp³-hybridized carbons (Fsp3) is 0.333. The standard InChI is InChI=1S/C9H8F5NO/c10-4-1-5(7(12)6(11)2-4)8(15)9(13,14)3-16/h1-2,8,16H,3,15H2/t8-/m0/s1. The topological polar surface area (TPSA) is 46.2 Å². The van der Waals surface area contributed by atoms with Gasteiger partial charge in [-0.2, -0.15) is 0 Å². The summed E-state index contributed by atoms with van der Waals surface area (Å²) in [6.07, 6.45) is 0. The monoisotopic (exact) mass is 241 g/mol. The van der Waals surface area contributed by atoms with Crippen molar-refractivity contribution in [1.29, 1.82) is 0 Å². The van der Waals surface area contributed by atoms with E-state index in [-0.39, 0.29) is 6.07 Å². The van der Waals surface area contributed by atoms with Crippen molar-refractivity contribution >= 4 is 0 Å². The van der Waals surface area contributed by atoms with Crippen LogP contribution in [-0.2, 0) is 0 Å². The van der Waals surface area contributed by atoms with E-state index in [9.17, 15) is 22.0 Å². The molecular formula is C9H8F5NO. The van der Waals surface area contributed by atoms with E-state index in [0.29, 0.717) is 6.07 Å². The van der Waals surface area contributed by atoms with Crippen molar-refractivity contribution in [3.63, 3.8) is 0 Å². The minimum Gasteiger partial charge on any atom is -0.390 e. The molecule has 0 unspecified atom stereocenters. The van der Waals surface area contributed by atoms with Crippen LogP contribution in [0.15, 0.2) is 12.1 Å². The van der Waals surface area contributed by atoms with Gasteiger partial charge in [-0.1, -0.05) is 0 Å². The second-order valence-electron chi connectivity index (χ2n) is 3.19. The first-order valence-corrected chi connectivity index (χ1v) is 4.18. The number of nitrogens with two attached hydrogens (primary N) is 1. The second kappa shape index (κ2) is 4.34. The van der Waals surface area contributed by atoms with E-state index >= 15 is 0 Å².